The molecular weight excluding hydrogens is 769 g/mol. The van der Waals surface area contributed by atoms with Crippen LogP contribution in [0, 0.1) is 11.6 Å². The van der Waals surface area contributed by atoms with Gasteiger partial charge in [-0.25, -0.2) is 34.7 Å². The van der Waals surface area contributed by atoms with Crippen LogP contribution in [0.5, 0.6) is 11.5 Å². The molecule has 1 saturated heterocycles. The Bertz CT molecular complexity index is 2450. The van der Waals surface area contributed by atoms with Gasteiger partial charge in [0, 0.05) is 12.1 Å². The van der Waals surface area contributed by atoms with E-state index in [-0.39, 0.29) is 23.2 Å². The molecule has 6 rings (SSSR count). The number of carboxylic acid groups (broad SMARTS) is 1. The lowest BCUT2D eigenvalue weighted by Gasteiger charge is -2.33. The van der Waals surface area contributed by atoms with Gasteiger partial charge in [0.15, 0.2) is 6.04 Å². The molecule has 16 heteroatoms. The highest BCUT2D eigenvalue weighted by molar-refractivity contribution is 7.93. The molecular formula is C40H37F2N3O9S2. The third kappa shape index (κ3) is 8.02. The molecule has 2 atom stereocenters. The molecule has 2 unspecified atom stereocenters. The molecule has 0 spiro atoms. The number of rotatable bonds is 14. The van der Waals surface area contributed by atoms with Crippen LogP contribution in [0.15, 0.2) is 131 Å². The molecule has 0 radical (unpaired) electrons. The van der Waals surface area contributed by atoms with E-state index in [0.717, 1.165) is 60.2 Å². The summed E-state index contributed by atoms with van der Waals surface area (Å²) in [6.07, 6.45) is 1.25. The summed E-state index contributed by atoms with van der Waals surface area (Å²) in [5, 5.41) is 10.9. The summed E-state index contributed by atoms with van der Waals surface area (Å²) in [7, 11) is -7.41. The molecule has 292 valence electrons. The van der Waals surface area contributed by atoms with Gasteiger partial charge in [-0.3, -0.25) is 9.10 Å². The number of aliphatic carboxylic acids is 1. The number of carbonyl (C=O) groups is 2. The lowest BCUT2D eigenvalue weighted by molar-refractivity contribution is -0.138. The van der Waals surface area contributed by atoms with Crippen LogP contribution >= 0.6 is 0 Å². The van der Waals surface area contributed by atoms with Crippen LogP contribution in [0.4, 0.5) is 20.2 Å². The topological polar surface area (TPSA) is 151 Å². The second kappa shape index (κ2) is 16.4. The third-order valence-electron chi connectivity index (χ3n) is 9.36. The SMILES string of the molecule is COc1ccc(S(=O)(=O)N(c2cccc(F)c2)C(C(=O)O)c2cc(OC)ccc2S(=O)(=O)N(CC(=O)N2CCCC2c2ccccc2)c2cccc(F)c2)cc1. The van der Waals surface area contributed by atoms with Crippen LogP contribution in [0.2, 0.25) is 0 Å². The monoisotopic (exact) mass is 805 g/mol. The fourth-order valence-corrected chi connectivity index (χ4v) is 9.93. The van der Waals surface area contributed by atoms with E-state index in [1.165, 1.54) is 50.6 Å². The Balaban J connectivity index is 1.53. The molecule has 1 heterocycles. The van der Waals surface area contributed by atoms with Crippen molar-refractivity contribution in [1.29, 1.82) is 0 Å². The molecule has 5 aromatic carbocycles. The maximum absolute atomic E-state index is 15.1. The van der Waals surface area contributed by atoms with Crippen LogP contribution in [-0.4, -0.2) is 66.0 Å². The van der Waals surface area contributed by atoms with Gasteiger partial charge >= 0.3 is 5.97 Å². The lowest BCUT2D eigenvalue weighted by atomic mass is 10.0. The van der Waals surface area contributed by atoms with E-state index in [9.17, 15) is 31.9 Å². The van der Waals surface area contributed by atoms with Gasteiger partial charge < -0.3 is 19.5 Å². The van der Waals surface area contributed by atoms with Gasteiger partial charge in [0.2, 0.25) is 5.91 Å². The van der Waals surface area contributed by atoms with Crippen LogP contribution < -0.4 is 18.1 Å². The summed E-state index contributed by atoms with van der Waals surface area (Å²) >= 11 is 0. The number of likely N-dealkylation sites (tertiary alicyclic amines) is 1. The molecule has 0 bridgehead atoms. The minimum atomic E-state index is -5.07. The first-order valence-corrected chi connectivity index (χ1v) is 20.1. The van der Waals surface area contributed by atoms with Crippen molar-refractivity contribution in [2.75, 3.05) is 35.9 Å². The highest BCUT2D eigenvalue weighted by Crippen LogP contribution is 2.40. The molecule has 0 aliphatic carbocycles. The maximum Gasteiger partial charge on any atom is 0.332 e. The average Bonchev–Trinajstić information content (AvgIpc) is 3.69. The van der Waals surface area contributed by atoms with Gasteiger partial charge in [-0.2, -0.15) is 0 Å². The normalized spacial score (nSPS) is 14.9. The van der Waals surface area contributed by atoms with E-state index in [2.05, 4.69) is 0 Å². The fraction of sp³-hybridized carbons (Fsp3) is 0.200. The zero-order chi connectivity index (χ0) is 40.2. The van der Waals surface area contributed by atoms with E-state index < -0.39 is 77.2 Å². The number of hydrogen-bond donors (Lipinski definition) is 1. The van der Waals surface area contributed by atoms with Gasteiger partial charge in [-0.05, 0) is 97.3 Å². The van der Waals surface area contributed by atoms with Crippen molar-refractivity contribution in [3.05, 3.63) is 144 Å². The zero-order valence-electron chi connectivity index (χ0n) is 30.2. The number of ether oxygens (including phenoxy) is 2. The van der Waals surface area contributed by atoms with Crippen molar-refractivity contribution < 1.29 is 49.8 Å². The number of nitrogens with zero attached hydrogens (tertiary/aromatic N) is 3. The van der Waals surface area contributed by atoms with Crippen LogP contribution in [-0.2, 0) is 29.6 Å². The second-order valence-corrected chi connectivity index (χ2v) is 16.4. The summed E-state index contributed by atoms with van der Waals surface area (Å²) < 4.78 is 100. The molecule has 1 amide bonds. The summed E-state index contributed by atoms with van der Waals surface area (Å²) in [6, 6.07) is 23.4. The molecule has 1 aliphatic heterocycles. The van der Waals surface area contributed by atoms with E-state index in [4.69, 9.17) is 9.47 Å². The summed E-state index contributed by atoms with van der Waals surface area (Å²) in [5.41, 5.74) is -0.473. The van der Waals surface area contributed by atoms with Gasteiger partial charge in [-0.1, -0.05) is 42.5 Å². The number of amides is 1. The van der Waals surface area contributed by atoms with Gasteiger partial charge in [0.1, 0.15) is 29.7 Å². The number of carboxylic acids is 1. The van der Waals surface area contributed by atoms with Gasteiger partial charge in [0.05, 0.1) is 41.4 Å². The van der Waals surface area contributed by atoms with Crippen LogP contribution in [0.3, 0.4) is 0 Å². The largest absolute Gasteiger partial charge is 0.497 e. The molecule has 0 saturated carbocycles. The van der Waals surface area contributed by atoms with Crippen molar-refractivity contribution in [3.8, 4) is 11.5 Å². The van der Waals surface area contributed by atoms with Crippen molar-refractivity contribution in [1.82, 2.24) is 4.90 Å². The van der Waals surface area contributed by atoms with Crippen molar-refractivity contribution in [2.24, 2.45) is 0 Å². The Morgan fingerprint density at radius 3 is 1.98 bits per heavy atom. The number of benzene rings is 5. The molecule has 5 aromatic rings. The summed E-state index contributed by atoms with van der Waals surface area (Å²) in [6.45, 7) is -0.508. The number of carbonyl (C=O) groups excluding carboxylic acids is 1. The number of anilines is 2. The minimum absolute atomic E-state index is 0.0533. The Hall–Kier alpha value is -6.00. The number of methoxy groups -OCH3 is 2. The molecule has 56 heavy (non-hydrogen) atoms. The second-order valence-electron chi connectivity index (χ2n) is 12.7. The average molecular weight is 806 g/mol. The molecule has 1 N–H and O–H groups in total. The lowest BCUT2D eigenvalue weighted by Crippen LogP contribution is -2.44. The Morgan fingerprint density at radius 1 is 0.768 bits per heavy atom. The van der Waals surface area contributed by atoms with E-state index in [1.54, 1.807) is 4.90 Å². The van der Waals surface area contributed by atoms with Crippen LogP contribution in [0.25, 0.3) is 0 Å². The third-order valence-corrected chi connectivity index (χ3v) is 13.0. The Labute approximate surface area is 323 Å². The molecule has 1 fully saturated rings. The first-order chi connectivity index (χ1) is 26.8. The van der Waals surface area contributed by atoms with Gasteiger partial charge in [0.25, 0.3) is 20.0 Å². The smallest absolute Gasteiger partial charge is 0.332 e. The van der Waals surface area contributed by atoms with E-state index in [1.807, 2.05) is 30.3 Å². The van der Waals surface area contributed by atoms with Gasteiger partial charge in [-0.15, -0.1) is 0 Å². The van der Waals surface area contributed by atoms with E-state index >= 15 is 8.42 Å². The first-order valence-electron chi connectivity index (χ1n) is 17.2. The van der Waals surface area contributed by atoms with Crippen molar-refractivity contribution >= 4 is 43.3 Å². The predicted octanol–water partition coefficient (Wildman–Crippen LogP) is 6.56. The Kier molecular flexibility index (Phi) is 11.6. The summed E-state index contributed by atoms with van der Waals surface area (Å²) in [4.78, 5) is 28.0. The minimum Gasteiger partial charge on any atom is -0.497 e. The number of hydrogen-bond acceptors (Lipinski definition) is 8. The fourth-order valence-electron chi connectivity index (χ4n) is 6.73. The highest BCUT2D eigenvalue weighted by Gasteiger charge is 2.43. The number of sulfonamides is 2. The zero-order valence-corrected chi connectivity index (χ0v) is 31.8. The van der Waals surface area contributed by atoms with Crippen LogP contribution in [0.1, 0.15) is 36.1 Å². The number of halogens is 2. The maximum atomic E-state index is 15.1. The van der Waals surface area contributed by atoms with E-state index in [0.29, 0.717) is 28.0 Å². The molecule has 0 aromatic heterocycles. The van der Waals surface area contributed by atoms with Crippen molar-refractivity contribution in [2.45, 2.75) is 34.7 Å². The standard InChI is InChI=1S/C40H37F2N3O9S2/c1-53-32-16-19-34(20-17-32)55(49,50)45(31-14-7-12-29(42)24-31)39(40(47)48)35-25-33(54-2)18-21-37(35)56(51,52)44(30-13-6-11-28(41)23-30)26-38(46)43-22-8-15-36(43)27-9-4-3-5-10-27/h3-7,9-14,16-21,23-25,36,39H,8,15,22,26H2,1-2H3,(H,47,48). The summed E-state index contributed by atoms with van der Waals surface area (Å²) in [5.74, 6) is -3.95. The quantitative estimate of drug-likeness (QED) is 0.132. The molecule has 12 nitrogen and oxygen atoms in total. The Morgan fingerprint density at radius 2 is 1.38 bits per heavy atom. The molecule has 1 aliphatic rings. The van der Waals surface area contributed by atoms with Crippen molar-refractivity contribution in [3.63, 3.8) is 0 Å². The predicted molar refractivity (Wildman–Crippen MR) is 203 cm³/mol. The first kappa shape index (κ1) is 39.7. The highest BCUT2D eigenvalue weighted by atomic mass is 32.2.